The number of nitrogens with zero attached hydrogens (tertiary/aromatic N) is 1. The largest absolute Gasteiger partial charge is 0.268 e. The van der Waals surface area contributed by atoms with Crippen molar-refractivity contribution >= 4 is 34.3 Å². The molecule has 0 aliphatic heterocycles. The van der Waals surface area contributed by atoms with Crippen LogP contribution in [0.25, 0.3) is 10.9 Å². The summed E-state index contributed by atoms with van der Waals surface area (Å²) in [6.45, 7) is 6.61. The molecule has 1 heterocycles. The van der Waals surface area contributed by atoms with E-state index in [0.717, 1.165) is 34.4 Å². The normalized spacial score (nSPS) is 12.6. The van der Waals surface area contributed by atoms with E-state index >= 15 is 0 Å². The van der Waals surface area contributed by atoms with Crippen LogP contribution in [0.1, 0.15) is 20.8 Å². The average molecular weight is 372 g/mol. The van der Waals surface area contributed by atoms with Crippen LogP contribution in [0.3, 0.4) is 0 Å². The lowest BCUT2D eigenvalue weighted by Crippen LogP contribution is -2.50. The van der Waals surface area contributed by atoms with Gasteiger partial charge in [0.1, 0.15) is 8.07 Å². The number of benzene rings is 2. The molecule has 0 saturated carbocycles. The molecule has 0 atom stereocenters. The molecule has 0 saturated heterocycles. The number of aromatic nitrogens is 1. The van der Waals surface area contributed by atoms with E-state index < -0.39 is 18.1 Å². The maximum atomic E-state index is 13.5. The van der Waals surface area contributed by atoms with Gasteiger partial charge in [0.15, 0.2) is 0 Å². The molecule has 3 nitrogen and oxygen atoms in total. The van der Waals surface area contributed by atoms with Gasteiger partial charge in [-0.2, -0.15) is 0 Å². The van der Waals surface area contributed by atoms with Crippen molar-refractivity contribution in [3.63, 3.8) is 0 Å². The van der Waals surface area contributed by atoms with Crippen molar-refractivity contribution in [2.24, 2.45) is 0 Å². The van der Waals surface area contributed by atoms with Crippen molar-refractivity contribution in [2.45, 2.75) is 43.8 Å². The molecule has 0 unspecified atom stereocenters. The van der Waals surface area contributed by atoms with Crippen LogP contribution < -0.4 is 5.32 Å². The molecule has 5 heteroatoms. The van der Waals surface area contributed by atoms with Gasteiger partial charge in [-0.25, -0.2) is 12.4 Å². The number of fused-ring (bicyclic) bond motifs is 1. The average Bonchev–Trinajstić information content (AvgIpc) is 3.05. The van der Waals surface area contributed by atoms with E-state index in [0.29, 0.717) is 4.90 Å². The summed E-state index contributed by atoms with van der Waals surface area (Å²) in [5.41, 5.74) is 0.786. The lowest BCUT2D eigenvalue weighted by Gasteiger charge is -2.29. The quantitative estimate of drug-likeness (QED) is 0.594. The minimum absolute atomic E-state index is 0.351. The van der Waals surface area contributed by atoms with E-state index in [9.17, 15) is 8.42 Å². The predicted molar refractivity (Wildman–Crippen MR) is 108 cm³/mol. The second-order valence-electron chi connectivity index (χ2n) is 6.51. The maximum absolute atomic E-state index is 13.5. The smallest absolute Gasteiger partial charge is 0.242 e. The van der Waals surface area contributed by atoms with Crippen LogP contribution in [-0.2, 0) is 10.0 Å². The van der Waals surface area contributed by atoms with Crippen molar-refractivity contribution in [3.8, 4) is 0 Å². The first-order chi connectivity index (χ1) is 12.0. The molecule has 2 aromatic carbocycles. The van der Waals surface area contributed by atoms with Crippen molar-refractivity contribution in [1.82, 2.24) is 3.97 Å². The molecule has 1 aromatic heterocycles. The van der Waals surface area contributed by atoms with Crippen LogP contribution in [0, 0.1) is 0 Å². The van der Waals surface area contributed by atoms with E-state index in [1.165, 1.54) is 0 Å². The number of hydrogen-bond acceptors (Lipinski definition) is 2. The van der Waals surface area contributed by atoms with Gasteiger partial charge in [-0.1, -0.05) is 75.3 Å². The lowest BCUT2D eigenvalue weighted by molar-refractivity contribution is 0.590. The molecule has 0 fully saturated rings. The zero-order valence-electron chi connectivity index (χ0n) is 15.1. The van der Waals surface area contributed by atoms with Gasteiger partial charge < -0.3 is 0 Å². The molecule has 3 rings (SSSR count). The first kappa shape index (κ1) is 18.0. The Balaban J connectivity index is 2.40. The van der Waals surface area contributed by atoms with Crippen molar-refractivity contribution in [3.05, 3.63) is 60.7 Å². The van der Waals surface area contributed by atoms with Gasteiger partial charge in [0.2, 0.25) is 0 Å². The summed E-state index contributed by atoms with van der Waals surface area (Å²) in [5, 5.41) is 2.04. The Morgan fingerprint density at radius 1 is 0.840 bits per heavy atom. The van der Waals surface area contributed by atoms with Gasteiger partial charge in [-0.15, -0.1) is 0 Å². The van der Waals surface area contributed by atoms with E-state index in [1.807, 2.05) is 30.3 Å². The zero-order chi connectivity index (χ0) is 18.1. The molecular formula is C20H25NO2SSi. The third kappa shape index (κ3) is 2.85. The SMILES string of the molecule is CC[Si](CC)(CC)c1cc2ccccc2n1S(=O)(=O)c1ccccc1. The fourth-order valence-corrected chi connectivity index (χ4v) is 9.74. The molecule has 0 aliphatic carbocycles. The molecule has 0 aliphatic rings. The monoisotopic (exact) mass is 371 g/mol. The van der Waals surface area contributed by atoms with Crippen molar-refractivity contribution < 1.29 is 8.42 Å². The van der Waals surface area contributed by atoms with Crippen molar-refractivity contribution in [1.29, 1.82) is 0 Å². The molecule has 0 spiro atoms. The molecule has 0 N–H and O–H groups in total. The standard InChI is InChI=1S/C20H25NO2SSi/c1-4-25(5-2,6-3)20-16-17-12-10-11-15-19(17)21(20)24(22,23)18-13-8-7-9-14-18/h7-16H,4-6H2,1-3H3. The summed E-state index contributed by atoms with van der Waals surface area (Å²) in [6, 6.07) is 21.8. The highest BCUT2D eigenvalue weighted by Gasteiger charge is 2.36. The number of rotatable bonds is 6. The second kappa shape index (κ2) is 6.81. The fraction of sp³-hybridized carbons (Fsp3) is 0.300. The Kier molecular flexibility index (Phi) is 4.89. The highest BCUT2D eigenvalue weighted by atomic mass is 32.2. The maximum Gasteiger partial charge on any atom is 0.268 e. The Morgan fingerprint density at radius 3 is 2.00 bits per heavy atom. The molecule has 25 heavy (non-hydrogen) atoms. The summed E-state index contributed by atoms with van der Waals surface area (Å²) >= 11 is 0. The molecule has 0 bridgehead atoms. The lowest BCUT2D eigenvalue weighted by atomic mass is 10.3. The minimum atomic E-state index is -3.61. The summed E-state index contributed by atoms with van der Waals surface area (Å²) < 4.78 is 28.7. The van der Waals surface area contributed by atoms with Crippen LogP contribution in [0.15, 0.2) is 65.6 Å². The van der Waals surface area contributed by atoms with Gasteiger partial charge in [0.25, 0.3) is 10.0 Å². The van der Waals surface area contributed by atoms with E-state index in [4.69, 9.17) is 0 Å². The Hall–Kier alpha value is -1.85. The first-order valence-corrected chi connectivity index (χ1v) is 13.0. The molecule has 0 radical (unpaired) electrons. The third-order valence-corrected chi connectivity index (χ3v) is 12.9. The Bertz CT molecular complexity index is 965. The molecule has 3 aromatic rings. The highest BCUT2D eigenvalue weighted by Crippen LogP contribution is 2.27. The Morgan fingerprint density at radius 2 is 1.40 bits per heavy atom. The zero-order valence-corrected chi connectivity index (χ0v) is 16.9. The van der Waals surface area contributed by atoms with Gasteiger partial charge in [-0.05, 0) is 24.3 Å². The third-order valence-electron chi connectivity index (χ3n) is 5.52. The first-order valence-electron chi connectivity index (χ1n) is 8.91. The fourth-order valence-electron chi connectivity index (χ4n) is 3.75. The summed E-state index contributed by atoms with van der Waals surface area (Å²) in [6.07, 6.45) is 0. The van der Waals surface area contributed by atoms with Crippen LogP contribution >= 0.6 is 0 Å². The summed E-state index contributed by atoms with van der Waals surface area (Å²) in [7, 11) is -5.49. The topological polar surface area (TPSA) is 39.1 Å². The van der Waals surface area contributed by atoms with Crippen molar-refractivity contribution in [2.75, 3.05) is 0 Å². The van der Waals surface area contributed by atoms with Crippen LogP contribution in [0.5, 0.6) is 0 Å². The van der Waals surface area contributed by atoms with E-state index in [-0.39, 0.29) is 0 Å². The van der Waals surface area contributed by atoms with E-state index in [2.05, 4.69) is 26.8 Å². The molecule has 132 valence electrons. The number of hydrogen-bond donors (Lipinski definition) is 0. The second-order valence-corrected chi connectivity index (χ2v) is 13.5. The van der Waals surface area contributed by atoms with E-state index in [1.54, 1.807) is 28.2 Å². The highest BCUT2D eigenvalue weighted by molar-refractivity contribution is 7.90. The van der Waals surface area contributed by atoms with Gasteiger partial charge in [-0.3, -0.25) is 0 Å². The Labute approximate surface area is 151 Å². The molecular weight excluding hydrogens is 346 g/mol. The summed E-state index contributed by atoms with van der Waals surface area (Å²) in [5.74, 6) is 0. The van der Waals surface area contributed by atoms with Gasteiger partial charge in [0, 0.05) is 10.7 Å². The summed E-state index contributed by atoms with van der Waals surface area (Å²) in [4.78, 5) is 0.351. The van der Waals surface area contributed by atoms with Crippen LogP contribution in [-0.4, -0.2) is 20.5 Å². The van der Waals surface area contributed by atoms with Gasteiger partial charge in [0.05, 0.1) is 10.4 Å². The van der Waals surface area contributed by atoms with Crippen LogP contribution in [0.2, 0.25) is 18.1 Å². The van der Waals surface area contributed by atoms with Gasteiger partial charge >= 0.3 is 0 Å². The number of para-hydroxylation sites is 1. The minimum Gasteiger partial charge on any atom is -0.242 e. The van der Waals surface area contributed by atoms with Crippen LogP contribution in [0.4, 0.5) is 0 Å². The predicted octanol–water partition coefficient (Wildman–Crippen LogP) is 4.59. The molecule has 0 amide bonds.